The van der Waals surface area contributed by atoms with Crippen LogP contribution in [0.1, 0.15) is 34.8 Å². The summed E-state index contributed by atoms with van der Waals surface area (Å²) in [5.41, 5.74) is 1.15. The number of carboxylic acid groups (broad SMARTS) is 1. The van der Waals surface area contributed by atoms with Crippen LogP contribution in [0.4, 0.5) is 0 Å². The van der Waals surface area contributed by atoms with Gasteiger partial charge < -0.3 is 15.1 Å². The fourth-order valence-electron chi connectivity index (χ4n) is 2.95. The predicted molar refractivity (Wildman–Crippen MR) is 83.6 cm³/mol. The molecule has 1 aliphatic rings. The Kier molecular flexibility index (Phi) is 4.45. The van der Waals surface area contributed by atoms with E-state index in [2.05, 4.69) is 10.1 Å². The number of pyridine rings is 1. The number of carbonyl (C=O) groups is 2. The number of hydrogen-bond acceptors (Lipinski definition) is 5. The van der Waals surface area contributed by atoms with Crippen LogP contribution in [-0.2, 0) is 11.3 Å². The summed E-state index contributed by atoms with van der Waals surface area (Å²) in [6, 6.07) is 3.21. The molecule has 0 unspecified atom stereocenters. The Morgan fingerprint density at radius 1 is 1.33 bits per heavy atom. The minimum absolute atomic E-state index is 0.0400. The molecule has 1 atom stereocenters. The molecule has 24 heavy (non-hydrogen) atoms. The first-order valence-electron chi connectivity index (χ1n) is 7.71. The summed E-state index contributed by atoms with van der Waals surface area (Å²) in [6.07, 6.45) is 6.10. The van der Waals surface area contributed by atoms with Gasteiger partial charge in [-0.3, -0.25) is 19.3 Å². The van der Waals surface area contributed by atoms with E-state index < -0.39 is 5.97 Å². The molecule has 0 aliphatic carbocycles. The molecule has 0 bridgehead atoms. The summed E-state index contributed by atoms with van der Waals surface area (Å²) < 4.78 is 1.39. The van der Waals surface area contributed by atoms with Crippen molar-refractivity contribution >= 4 is 11.9 Å². The van der Waals surface area contributed by atoms with Gasteiger partial charge in [-0.05, 0) is 25.0 Å². The summed E-state index contributed by atoms with van der Waals surface area (Å²) in [5, 5.41) is 22.6. The van der Waals surface area contributed by atoms with Gasteiger partial charge >= 0.3 is 5.97 Å². The second-order valence-corrected chi connectivity index (χ2v) is 5.85. The molecule has 1 fully saturated rings. The standard InChI is InChI=1S/C16H18N4O4/c21-13-6-12(7-17-8-13)16(24)19-4-1-2-11(9-19)14-3-5-20(18-14)10-15(22)23/h3,5-8,11,21H,1-2,4,9-10H2,(H,22,23)/t11-/m1/s1. The lowest BCUT2D eigenvalue weighted by Crippen LogP contribution is -2.39. The normalized spacial score (nSPS) is 17.7. The first kappa shape index (κ1) is 16.0. The second-order valence-electron chi connectivity index (χ2n) is 5.85. The van der Waals surface area contributed by atoms with Crippen LogP contribution in [0.15, 0.2) is 30.7 Å². The molecule has 3 heterocycles. The SMILES string of the molecule is O=C(O)Cn1ccc([C@@H]2CCCN(C(=O)c3cncc(O)c3)C2)n1. The molecule has 0 radical (unpaired) electrons. The Hall–Kier alpha value is -2.90. The van der Waals surface area contributed by atoms with Gasteiger partial charge in [-0.15, -0.1) is 0 Å². The van der Waals surface area contributed by atoms with Crippen LogP contribution in [0.2, 0.25) is 0 Å². The Balaban J connectivity index is 1.71. The molecule has 0 spiro atoms. The van der Waals surface area contributed by atoms with Gasteiger partial charge in [0.05, 0.1) is 17.5 Å². The zero-order valence-corrected chi connectivity index (χ0v) is 13.0. The molecule has 2 aromatic rings. The van der Waals surface area contributed by atoms with Crippen LogP contribution >= 0.6 is 0 Å². The molecule has 8 heteroatoms. The highest BCUT2D eigenvalue weighted by atomic mass is 16.4. The first-order chi connectivity index (χ1) is 11.5. The Morgan fingerprint density at radius 3 is 2.92 bits per heavy atom. The van der Waals surface area contributed by atoms with E-state index in [0.717, 1.165) is 18.5 Å². The third kappa shape index (κ3) is 3.53. The monoisotopic (exact) mass is 330 g/mol. The van der Waals surface area contributed by atoms with Crippen molar-refractivity contribution in [3.05, 3.63) is 42.0 Å². The van der Waals surface area contributed by atoms with Gasteiger partial charge in [-0.2, -0.15) is 5.10 Å². The van der Waals surface area contributed by atoms with E-state index in [4.69, 9.17) is 5.11 Å². The van der Waals surface area contributed by atoms with Crippen molar-refractivity contribution in [1.29, 1.82) is 0 Å². The highest BCUT2D eigenvalue weighted by molar-refractivity contribution is 5.94. The number of amides is 1. The molecule has 1 saturated heterocycles. The van der Waals surface area contributed by atoms with Crippen molar-refractivity contribution in [3.8, 4) is 5.75 Å². The lowest BCUT2D eigenvalue weighted by Gasteiger charge is -2.32. The van der Waals surface area contributed by atoms with Gasteiger partial charge in [0, 0.05) is 31.4 Å². The van der Waals surface area contributed by atoms with Crippen LogP contribution in [0.5, 0.6) is 5.75 Å². The average molecular weight is 330 g/mol. The van der Waals surface area contributed by atoms with E-state index in [0.29, 0.717) is 18.7 Å². The third-order valence-corrected chi connectivity index (χ3v) is 4.06. The fraction of sp³-hybridized carbons (Fsp3) is 0.375. The van der Waals surface area contributed by atoms with E-state index in [9.17, 15) is 14.7 Å². The number of aliphatic carboxylic acids is 1. The quantitative estimate of drug-likeness (QED) is 0.868. The number of carbonyl (C=O) groups excluding carboxylic acids is 1. The van der Waals surface area contributed by atoms with Crippen molar-refractivity contribution in [2.24, 2.45) is 0 Å². The van der Waals surface area contributed by atoms with Gasteiger partial charge in [0.2, 0.25) is 0 Å². The Labute approximate surface area is 138 Å². The minimum atomic E-state index is -0.943. The maximum atomic E-state index is 12.6. The number of nitrogens with zero attached hydrogens (tertiary/aromatic N) is 4. The van der Waals surface area contributed by atoms with Crippen LogP contribution in [0, 0.1) is 0 Å². The molecule has 1 aliphatic heterocycles. The third-order valence-electron chi connectivity index (χ3n) is 4.06. The Morgan fingerprint density at radius 2 is 2.17 bits per heavy atom. The van der Waals surface area contributed by atoms with E-state index >= 15 is 0 Å². The molecule has 0 saturated carbocycles. The maximum absolute atomic E-state index is 12.6. The van der Waals surface area contributed by atoms with Crippen LogP contribution in [0.25, 0.3) is 0 Å². The molecule has 3 rings (SSSR count). The molecule has 2 aromatic heterocycles. The summed E-state index contributed by atoms with van der Waals surface area (Å²) in [6.45, 7) is 0.976. The highest BCUT2D eigenvalue weighted by Crippen LogP contribution is 2.26. The van der Waals surface area contributed by atoms with E-state index in [1.807, 2.05) is 0 Å². The molecule has 1 amide bonds. The topological polar surface area (TPSA) is 109 Å². The van der Waals surface area contributed by atoms with Crippen molar-refractivity contribution in [1.82, 2.24) is 19.7 Å². The average Bonchev–Trinajstić information content (AvgIpc) is 3.02. The number of hydrogen-bond donors (Lipinski definition) is 2. The lowest BCUT2D eigenvalue weighted by molar-refractivity contribution is -0.137. The van der Waals surface area contributed by atoms with Crippen LogP contribution < -0.4 is 0 Å². The van der Waals surface area contributed by atoms with Crippen molar-refractivity contribution in [3.63, 3.8) is 0 Å². The van der Waals surface area contributed by atoms with Gasteiger partial charge in [0.1, 0.15) is 12.3 Å². The molecule has 2 N–H and O–H groups in total. The highest BCUT2D eigenvalue weighted by Gasteiger charge is 2.27. The minimum Gasteiger partial charge on any atom is -0.506 e. The summed E-state index contributed by atoms with van der Waals surface area (Å²) >= 11 is 0. The van der Waals surface area contributed by atoms with Crippen molar-refractivity contribution in [2.45, 2.75) is 25.3 Å². The zero-order chi connectivity index (χ0) is 17.1. The van der Waals surface area contributed by atoms with Gasteiger partial charge in [0.15, 0.2) is 0 Å². The first-order valence-corrected chi connectivity index (χ1v) is 7.71. The van der Waals surface area contributed by atoms with Crippen LogP contribution in [-0.4, -0.2) is 54.8 Å². The predicted octanol–water partition coefficient (Wildman–Crippen LogP) is 1.09. The van der Waals surface area contributed by atoms with E-state index in [-0.39, 0.29) is 24.1 Å². The van der Waals surface area contributed by atoms with Gasteiger partial charge in [-0.25, -0.2) is 0 Å². The molecule has 126 valence electrons. The summed E-state index contributed by atoms with van der Waals surface area (Å²) in [7, 11) is 0. The van der Waals surface area contributed by atoms with E-state index in [1.54, 1.807) is 17.2 Å². The summed E-state index contributed by atoms with van der Waals surface area (Å²) in [5.74, 6) is -1.08. The number of likely N-dealkylation sites (tertiary alicyclic amines) is 1. The number of aromatic nitrogens is 3. The van der Waals surface area contributed by atoms with Crippen molar-refractivity contribution < 1.29 is 19.8 Å². The fourth-order valence-corrected chi connectivity index (χ4v) is 2.95. The number of carboxylic acids is 1. The largest absolute Gasteiger partial charge is 0.506 e. The molecular weight excluding hydrogens is 312 g/mol. The lowest BCUT2D eigenvalue weighted by atomic mass is 9.94. The second kappa shape index (κ2) is 6.69. The van der Waals surface area contributed by atoms with E-state index in [1.165, 1.54) is 23.1 Å². The van der Waals surface area contributed by atoms with Gasteiger partial charge in [0.25, 0.3) is 5.91 Å². The van der Waals surface area contributed by atoms with Crippen LogP contribution in [0.3, 0.4) is 0 Å². The summed E-state index contributed by atoms with van der Waals surface area (Å²) in [4.78, 5) is 28.9. The maximum Gasteiger partial charge on any atom is 0.325 e. The molecule has 8 nitrogen and oxygen atoms in total. The van der Waals surface area contributed by atoms with Crippen molar-refractivity contribution in [2.75, 3.05) is 13.1 Å². The molecular formula is C16H18N4O4. The zero-order valence-electron chi connectivity index (χ0n) is 13.0. The molecule has 0 aromatic carbocycles. The number of rotatable bonds is 4. The number of aromatic hydroxyl groups is 1. The smallest absolute Gasteiger partial charge is 0.325 e. The number of piperidine rings is 1. The Bertz CT molecular complexity index is 758. The van der Waals surface area contributed by atoms with Gasteiger partial charge in [-0.1, -0.05) is 0 Å².